The maximum Gasteiger partial charge on any atom is 0.148 e. The van der Waals surface area contributed by atoms with Crippen LogP contribution in [-0.4, -0.2) is 35.6 Å². The number of nitrogens with zero attached hydrogens (tertiary/aromatic N) is 4. The molecule has 0 unspecified atom stereocenters. The molecule has 4 rings (SSSR count). The van der Waals surface area contributed by atoms with Gasteiger partial charge in [0.15, 0.2) is 0 Å². The second kappa shape index (κ2) is 5.98. The zero-order chi connectivity index (χ0) is 16.7. The van der Waals surface area contributed by atoms with Gasteiger partial charge >= 0.3 is 0 Å². The van der Waals surface area contributed by atoms with Crippen molar-refractivity contribution in [3.63, 3.8) is 0 Å². The molecule has 3 aromatic rings. The Hall–Kier alpha value is -2.27. The van der Waals surface area contributed by atoms with Crippen LogP contribution < -0.4 is 9.80 Å². The molecule has 0 aliphatic carbocycles. The maximum absolute atomic E-state index is 13.9. The number of aromatic nitrogens is 2. The Kier molecular flexibility index (Phi) is 3.81. The van der Waals surface area contributed by atoms with Crippen LogP contribution in [0.5, 0.6) is 0 Å². The molecule has 124 valence electrons. The molecule has 2 aromatic heterocycles. The van der Waals surface area contributed by atoms with Gasteiger partial charge in [0.2, 0.25) is 0 Å². The second-order valence-electron chi connectivity index (χ2n) is 6.10. The van der Waals surface area contributed by atoms with Gasteiger partial charge in [0.1, 0.15) is 17.3 Å². The molecule has 24 heavy (non-hydrogen) atoms. The summed E-state index contributed by atoms with van der Waals surface area (Å²) in [5, 5.41) is 0.702. The number of benzene rings is 1. The van der Waals surface area contributed by atoms with Gasteiger partial charge in [-0.15, -0.1) is 0 Å². The number of piperazine rings is 1. The Balaban J connectivity index is 1.54. The van der Waals surface area contributed by atoms with E-state index in [1.807, 2.05) is 41.9 Å². The van der Waals surface area contributed by atoms with Gasteiger partial charge in [0.05, 0.1) is 16.9 Å². The second-order valence-corrected chi connectivity index (χ2v) is 6.53. The summed E-state index contributed by atoms with van der Waals surface area (Å²) in [5.41, 5.74) is 2.65. The van der Waals surface area contributed by atoms with Crippen LogP contribution in [0.4, 0.5) is 15.9 Å². The van der Waals surface area contributed by atoms with Crippen LogP contribution in [0.15, 0.2) is 42.7 Å². The van der Waals surface area contributed by atoms with Crippen LogP contribution >= 0.6 is 11.6 Å². The van der Waals surface area contributed by atoms with Crippen LogP contribution in [0.3, 0.4) is 0 Å². The SMILES string of the molecule is Cc1cc(Cl)cn2cc(N3CCN(c4ccccc4F)CC3)nc12. The molecule has 1 aromatic carbocycles. The first-order chi connectivity index (χ1) is 11.6. The van der Waals surface area contributed by atoms with Crippen molar-refractivity contribution < 1.29 is 4.39 Å². The minimum Gasteiger partial charge on any atom is -0.366 e. The third-order valence-corrected chi connectivity index (χ3v) is 4.69. The Labute approximate surface area is 145 Å². The van der Waals surface area contributed by atoms with Crippen LogP contribution in [-0.2, 0) is 0 Å². The predicted molar refractivity (Wildman–Crippen MR) is 95.8 cm³/mol. The molecule has 0 radical (unpaired) electrons. The van der Waals surface area contributed by atoms with E-state index in [9.17, 15) is 4.39 Å². The van der Waals surface area contributed by atoms with E-state index in [1.165, 1.54) is 6.07 Å². The number of imidazole rings is 1. The van der Waals surface area contributed by atoms with Crippen molar-refractivity contribution in [2.24, 2.45) is 0 Å². The highest BCUT2D eigenvalue weighted by Crippen LogP contribution is 2.24. The molecule has 3 heterocycles. The summed E-state index contributed by atoms with van der Waals surface area (Å²) in [6.45, 7) is 5.17. The van der Waals surface area contributed by atoms with E-state index in [0.29, 0.717) is 10.7 Å². The van der Waals surface area contributed by atoms with Crippen LogP contribution in [0, 0.1) is 12.7 Å². The number of anilines is 2. The lowest BCUT2D eigenvalue weighted by Gasteiger charge is -2.36. The normalized spacial score (nSPS) is 15.3. The minimum absolute atomic E-state index is 0.163. The van der Waals surface area contributed by atoms with Gasteiger partial charge < -0.3 is 14.2 Å². The van der Waals surface area contributed by atoms with E-state index in [-0.39, 0.29) is 5.82 Å². The van der Waals surface area contributed by atoms with Crippen molar-refractivity contribution in [1.29, 1.82) is 0 Å². The van der Waals surface area contributed by atoms with Gasteiger partial charge in [-0.25, -0.2) is 9.37 Å². The number of aryl methyl sites for hydroxylation is 1. The summed E-state index contributed by atoms with van der Waals surface area (Å²) in [6, 6.07) is 8.86. The highest BCUT2D eigenvalue weighted by molar-refractivity contribution is 6.30. The summed E-state index contributed by atoms with van der Waals surface area (Å²) in [4.78, 5) is 9.05. The van der Waals surface area contributed by atoms with E-state index in [2.05, 4.69) is 9.80 Å². The first kappa shape index (κ1) is 15.3. The molecular formula is C18H18ClFN4. The largest absolute Gasteiger partial charge is 0.366 e. The number of fused-ring (bicyclic) bond motifs is 1. The van der Waals surface area contributed by atoms with Gasteiger partial charge in [0.25, 0.3) is 0 Å². The minimum atomic E-state index is -0.163. The summed E-state index contributed by atoms with van der Waals surface area (Å²) in [5.74, 6) is 0.775. The summed E-state index contributed by atoms with van der Waals surface area (Å²) in [6.07, 6.45) is 3.88. The van der Waals surface area contributed by atoms with Crippen molar-refractivity contribution in [2.75, 3.05) is 36.0 Å². The lowest BCUT2D eigenvalue weighted by atomic mass is 10.2. The average molecular weight is 345 g/mol. The van der Waals surface area contributed by atoms with E-state index in [0.717, 1.165) is 43.2 Å². The van der Waals surface area contributed by atoms with E-state index >= 15 is 0 Å². The smallest absolute Gasteiger partial charge is 0.148 e. The topological polar surface area (TPSA) is 23.8 Å². The van der Waals surface area contributed by atoms with Crippen molar-refractivity contribution in [1.82, 2.24) is 9.38 Å². The zero-order valence-electron chi connectivity index (χ0n) is 13.4. The Bertz CT molecular complexity index is 884. The Morgan fingerprint density at radius 1 is 1.04 bits per heavy atom. The fourth-order valence-electron chi connectivity index (χ4n) is 3.25. The molecule has 1 aliphatic heterocycles. The molecule has 0 atom stereocenters. The van der Waals surface area contributed by atoms with Crippen molar-refractivity contribution >= 4 is 28.8 Å². The number of hydrogen-bond acceptors (Lipinski definition) is 3. The van der Waals surface area contributed by atoms with E-state index in [4.69, 9.17) is 16.6 Å². The summed E-state index contributed by atoms with van der Waals surface area (Å²) in [7, 11) is 0. The third-order valence-electron chi connectivity index (χ3n) is 4.49. The molecule has 0 saturated carbocycles. The lowest BCUT2D eigenvalue weighted by molar-refractivity contribution is 0.596. The van der Waals surface area contributed by atoms with Crippen molar-refractivity contribution in [2.45, 2.75) is 6.92 Å². The van der Waals surface area contributed by atoms with Crippen molar-refractivity contribution in [3.8, 4) is 0 Å². The molecule has 1 fully saturated rings. The van der Waals surface area contributed by atoms with Crippen molar-refractivity contribution in [3.05, 3.63) is 59.1 Å². The van der Waals surface area contributed by atoms with Gasteiger partial charge in [-0.3, -0.25) is 0 Å². The molecule has 0 spiro atoms. The molecule has 0 N–H and O–H groups in total. The quantitative estimate of drug-likeness (QED) is 0.707. The predicted octanol–water partition coefficient (Wildman–Crippen LogP) is 3.76. The molecule has 1 saturated heterocycles. The summed E-state index contributed by atoms with van der Waals surface area (Å²) >= 11 is 6.12. The molecular weight excluding hydrogens is 327 g/mol. The fourth-order valence-corrected chi connectivity index (χ4v) is 3.52. The first-order valence-electron chi connectivity index (χ1n) is 8.01. The van der Waals surface area contributed by atoms with Gasteiger partial charge in [-0.1, -0.05) is 23.7 Å². The van der Waals surface area contributed by atoms with Gasteiger partial charge in [0, 0.05) is 32.4 Å². The van der Waals surface area contributed by atoms with E-state index < -0.39 is 0 Å². The average Bonchev–Trinajstić information content (AvgIpc) is 3.00. The first-order valence-corrected chi connectivity index (χ1v) is 8.39. The molecule has 1 aliphatic rings. The number of halogens is 2. The monoisotopic (exact) mass is 344 g/mol. The van der Waals surface area contributed by atoms with Crippen LogP contribution in [0.1, 0.15) is 5.56 Å². The zero-order valence-corrected chi connectivity index (χ0v) is 14.2. The van der Waals surface area contributed by atoms with Gasteiger partial charge in [-0.2, -0.15) is 0 Å². The van der Waals surface area contributed by atoms with Crippen LogP contribution in [0.25, 0.3) is 5.65 Å². The Morgan fingerprint density at radius 2 is 1.75 bits per heavy atom. The number of rotatable bonds is 2. The standard InChI is InChI=1S/C18H18ClFN4/c1-13-10-14(19)11-24-12-17(21-18(13)24)23-8-6-22(7-9-23)16-5-3-2-4-15(16)20/h2-5,10-12H,6-9H2,1H3. The molecule has 0 bridgehead atoms. The molecule has 0 amide bonds. The van der Waals surface area contributed by atoms with Gasteiger partial charge in [-0.05, 0) is 30.7 Å². The Morgan fingerprint density at radius 3 is 2.50 bits per heavy atom. The molecule has 4 nitrogen and oxygen atoms in total. The fraction of sp³-hybridized carbons (Fsp3) is 0.278. The van der Waals surface area contributed by atoms with Crippen LogP contribution in [0.2, 0.25) is 5.02 Å². The summed E-state index contributed by atoms with van der Waals surface area (Å²) < 4.78 is 15.9. The maximum atomic E-state index is 13.9. The lowest BCUT2D eigenvalue weighted by Crippen LogP contribution is -2.47. The highest BCUT2D eigenvalue weighted by Gasteiger charge is 2.21. The number of para-hydroxylation sites is 1. The molecule has 6 heteroatoms. The number of pyridine rings is 1. The highest BCUT2D eigenvalue weighted by atomic mass is 35.5. The third kappa shape index (κ3) is 2.69. The van der Waals surface area contributed by atoms with E-state index in [1.54, 1.807) is 6.07 Å². The number of hydrogen-bond donors (Lipinski definition) is 0.